The molecule has 0 bridgehead atoms. The molecule has 76 valence electrons. The lowest BCUT2D eigenvalue weighted by atomic mass is 9.83. The fourth-order valence-corrected chi connectivity index (χ4v) is 2.79. The molecule has 0 spiro atoms. The van der Waals surface area contributed by atoms with Crippen molar-refractivity contribution in [3.05, 3.63) is 6.20 Å². The minimum atomic E-state index is 0.595. The summed E-state index contributed by atoms with van der Waals surface area (Å²) in [4.78, 5) is 0. The standard InChI is InChI=1S/C10H16N4/c11-8-6-13-14-9-4-2-1-3-7(9)5-12-10(8)14/h6-7,9,12H,1-5,11H2. The highest BCUT2D eigenvalue weighted by Crippen LogP contribution is 2.39. The summed E-state index contributed by atoms with van der Waals surface area (Å²) in [7, 11) is 0. The van der Waals surface area contributed by atoms with E-state index in [0.29, 0.717) is 6.04 Å². The summed E-state index contributed by atoms with van der Waals surface area (Å²) in [6, 6.07) is 0.595. The first-order chi connectivity index (χ1) is 6.86. The fraction of sp³-hybridized carbons (Fsp3) is 0.700. The lowest BCUT2D eigenvalue weighted by Gasteiger charge is -2.37. The fourth-order valence-electron chi connectivity index (χ4n) is 2.79. The number of aromatic nitrogens is 2. The van der Waals surface area contributed by atoms with Crippen molar-refractivity contribution in [3.8, 4) is 0 Å². The minimum Gasteiger partial charge on any atom is -0.394 e. The van der Waals surface area contributed by atoms with Gasteiger partial charge in [-0.2, -0.15) is 5.10 Å². The molecule has 4 nitrogen and oxygen atoms in total. The largest absolute Gasteiger partial charge is 0.394 e. The zero-order chi connectivity index (χ0) is 9.54. The van der Waals surface area contributed by atoms with Gasteiger partial charge in [0.2, 0.25) is 0 Å². The highest BCUT2D eigenvalue weighted by atomic mass is 15.4. The van der Waals surface area contributed by atoms with Crippen LogP contribution in [-0.2, 0) is 0 Å². The van der Waals surface area contributed by atoms with Crippen LogP contribution in [-0.4, -0.2) is 16.3 Å². The monoisotopic (exact) mass is 192 g/mol. The van der Waals surface area contributed by atoms with E-state index in [0.717, 1.165) is 24.0 Å². The zero-order valence-corrected chi connectivity index (χ0v) is 8.24. The number of nitrogens with zero attached hydrogens (tertiary/aromatic N) is 2. The predicted octanol–water partition coefficient (Wildman–Crippen LogP) is 1.62. The number of anilines is 2. The molecule has 2 aliphatic rings. The van der Waals surface area contributed by atoms with Gasteiger partial charge in [0.1, 0.15) is 5.82 Å². The maximum atomic E-state index is 5.84. The van der Waals surface area contributed by atoms with E-state index in [2.05, 4.69) is 15.1 Å². The SMILES string of the molecule is Nc1cnn2c1NCC1CCCCC12. The second-order valence-electron chi connectivity index (χ2n) is 4.39. The van der Waals surface area contributed by atoms with Gasteiger partial charge in [-0.25, -0.2) is 4.68 Å². The van der Waals surface area contributed by atoms with Crippen molar-refractivity contribution in [1.82, 2.24) is 9.78 Å². The predicted molar refractivity (Wildman–Crippen MR) is 56.1 cm³/mol. The Bertz CT molecular complexity index is 344. The van der Waals surface area contributed by atoms with Crippen LogP contribution in [0.4, 0.5) is 11.5 Å². The molecule has 1 aromatic heterocycles. The third-order valence-electron chi connectivity index (χ3n) is 3.54. The van der Waals surface area contributed by atoms with E-state index in [1.54, 1.807) is 6.20 Å². The molecule has 0 radical (unpaired) electrons. The minimum absolute atomic E-state index is 0.595. The second-order valence-corrected chi connectivity index (χ2v) is 4.39. The van der Waals surface area contributed by atoms with Gasteiger partial charge in [0.25, 0.3) is 0 Å². The molecule has 2 unspecified atom stereocenters. The van der Waals surface area contributed by atoms with E-state index >= 15 is 0 Å². The number of hydrogen-bond donors (Lipinski definition) is 2. The van der Waals surface area contributed by atoms with Crippen molar-refractivity contribution in [3.63, 3.8) is 0 Å². The van der Waals surface area contributed by atoms with Crippen LogP contribution >= 0.6 is 0 Å². The van der Waals surface area contributed by atoms with E-state index in [1.165, 1.54) is 25.7 Å². The lowest BCUT2D eigenvalue weighted by molar-refractivity contribution is 0.222. The number of rotatable bonds is 0. The van der Waals surface area contributed by atoms with Gasteiger partial charge in [-0.1, -0.05) is 12.8 Å². The number of nitrogens with two attached hydrogens (primary N) is 1. The van der Waals surface area contributed by atoms with Gasteiger partial charge in [-0.05, 0) is 18.8 Å². The summed E-state index contributed by atoms with van der Waals surface area (Å²) in [6.45, 7) is 1.07. The third kappa shape index (κ3) is 1.03. The Hall–Kier alpha value is -1.19. The molecule has 1 saturated carbocycles. The molecular formula is C10H16N4. The highest BCUT2D eigenvalue weighted by Gasteiger charge is 2.32. The Labute approximate surface area is 83.5 Å². The van der Waals surface area contributed by atoms with Crippen molar-refractivity contribution < 1.29 is 0 Å². The van der Waals surface area contributed by atoms with Crippen molar-refractivity contribution in [2.75, 3.05) is 17.6 Å². The summed E-state index contributed by atoms with van der Waals surface area (Å²) in [6.07, 6.45) is 7.06. The summed E-state index contributed by atoms with van der Waals surface area (Å²) >= 11 is 0. The maximum absolute atomic E-state index is 5.84. The smallest absolute Gasteiger partial charge is 0.148 e. The Morgan fingerprint density at radius 1 is 1.43 bits per heavy atom. The molecule has 4 heteroatoms. The molecule has 1 fully saturated rings. The van der Waals surface area contributed by atoms with Gasteiger partial charge in [-0.3, -0.25) is 0 Å². The average Bonchev–Trinajstić information content (AvgIpc) is 2.61. The molecule has 3 rings (SSSR count). The molecule has 0 saturated heterocycles. The van der Waals surface area contributed by atoms with E-state index in [9.17, 15) is 0 Å². The van der Waals surface area contributed by atoms with Crippen molar-refractivity contribution >= 4 is 11.5 Å². The molecule has 0 amide bonds. The van der Waals surface area contributed by atoms with Crippen LogP contribution in [0.15, 0.2) is 6.20 Å². The summed E-state index contributed by atoms with van der Waals surface area (Å²) < 4.78 is 2.10. The van der Waals surface area contributed by atoms with Crippen molar-refractivity contribution in [2.45, 2.75) is 31.7 Å². The van der Waals surface area contributed by atoms with Crippen LogP contribution in [0.5, 0.6) is 0 Å². The Morgan fingerprint density at radius 2 is 2.29 bits per heavy atom. The highest BCUT2D eigenvalue weighted by molar-refractivity contribution is 5.61. The molecule has 14 heavy (non-hydrogen) atoms. The zero-order valence-electron chi connectivity index (χ0n) is 8.24. The molecule has 1 aliphatic carbocycles. The molecule has 1 aliphatic heterocycles. The lowest BCUT2D eigenvalue weighted by Crippen LogP contribution is -2.35. The van der Waals surface area contributed by atoms with Crippen molar-refractivity contribution in [1.29, 1.82) is 0 Å². The van der Waals surface area contributed by atoms with Crippen LogP contribution in [0.3, 0.4) is 0 Å². The van der Waals surface area contributed by atoms with Crippen molar-refractivity contribution in [2.24, 2.45) is 5.92 Å². The summed E-state index contributed by atoms with van der Waals surface area (Å²) in [5, 5.41) is 7.76. The van der Waals surface area contributed by atoms with Gasteiger partial charge < -0.3 is 11.1 Å². The van der Waals surface area contributed by atoms with Crippen LogP contribution in [0, 0.1) is 5.92 Å². The summed E-state index contributed by atoms with van der Waals surface area (Å²) in [5.41, 5.74) is 6.62. The summed E-state index contributed by atoms with van der Waals surface area (Å²) in [5.74, 6) is 1.80. The topological polar surface area (TPSA) is 55.9 Å². The Morgan fingerprint density at radius 3 is 3.21 bits per heavy atom. The van der Waals surface area contributed by atoms with Gasteiger partial charge in [0.05, 0.1) is 17.9 Å². The molecule has 0 aromatic carbocycles. The molecule has 2 heterocycles. The van der Waals surface area contributed by atoms with Crippen LogP contribution in [0.25, 0.3) is 0 Å². The number of nitrogen functional groups attached to an aromatic ring is 1. The number of fused-ring (bicyclic) bond motifs is 3. The molecule has 3 N–H and O–H groups in total. The van der Waals surface area contributed by atoms with E-state index < -0.39 is 0 Å². The van der Waals surface area contributed by atoms with Crippen LogP contribution < -0.4 is 11.1 Å². The van der Waals surface area contributed by atoms with Gasteiger partial charge in [-0.15, -0.1) is 0 Å². The Kier molecular flexibility index (Phi) is 1.69. The Balaban J connectivity index is 1.99. The van der Waals surface area contributed by atoms with Crippen LogP contribution in [0.1, 0.15) is 31.7 Å². The van der Waals surface area contributed by atoms with Crippen LogP contribution in [0.2, 0.25) is 0 Å². The molecule has 1 aromatic rings. The average molecular weight is 192 g/mol. The molecule has 2 atom stereocenters. The number of hydrogen-bond acceptors (Lipinski definition) is 3. The van der Waals surface area contributed by atoms with Gasteiger partial charge in [0, 0.05) is 6.54 Å². The van der Waals surface area contributed by atoms with E-state index in [1.807, 2.05) is 0 Å². The number of nitrogens with one attached hydrogen (secondary N) is 1. The normalized spacial score (nSPS) is 30.3. The van der Waals surface area contributed by atoms with E-state index in [4.69, 9.17) is 5.73 Å². The first kappa shape index (κ1) is 8.15. The van der Waals surface area contributed by atoms with Gasteiger partial charge >= 0.3 is 0 Å². The third-order valence-corrected chi connectivity index (χ3v) is 3.54. The van der Waals surface area contributed by atoms with E-state index in [-0.39, 0.29) is 0 Å². The molecular weight excluding hydrogens is 176 g/mol. The van der Waals surface area contributed by atoms with Gasteiger partial charge in [0.15, 0.2) is 0 Å². The maximum Gasteiger partial charge on any atom is 0.148 e. The first-order valence-corrected chi connectivity index (χ1v) is 5.43. The first-order valence-electron chi connectivity index (χ1n) is 5.43. The second kappa shape index (κ2) is 2.90. The quantitative estimate of drug-likeness (QED) is 0.656.